The molecule has 0 radical (unpaired) electrons. The van der Waals surface area contributed by atoms with Gasteiger partial charge in [0, 0.05) is 37.3 Å². The van der Waals surface area contributed by atoms with Crippen LogP contribution in [0.5, 0.6) is 0 Å². The fourth-order valence-electron chi connectivity index (χ4n) is 3.82. The number of halogens is 4. The van der Waals surface area contributed by atoms with Crippen LogP contribution in [-0.2, 0) is 12.7 Å². The van der Waals surface area contributed by atoms with Crippen molar-refractivity contribution < 1.29 is 18.0 Å². The van der Waals surface area contributed by atoms with Gasteiger partial charge >= 0.3 is 6.18 Å². The van der Waals surface area contributed by atoms with Crippen LogP contribution in [0.2, 0.25) is 5.02 Å². The molecule has 3 rings (SSSR count). The van der Waals surface area contributed by atoms with E-state index in [1.54, 1.807) is 61.6 Å². The lowest BCUT2D eigenvalue weighted by molar-refractivity contribution is -0.143. The minimum absolute atomic E-state index is 0.0117. The van der Waals surface area contributed by atoms with E-state index in [4.69, 9.17) is 11.6 Å². The second-order valence-electron chi connectivity index (χ2n) is 7.60. The molecule has 0 aliphatic rings. The number of alkyl halides is 3. The summed E-state index contributed by atoms with van der Waals surface area (Å²) in [6.07, 6.45) is -2.78. The SMILES string of the molecule is CSNCCN(C)C(=O)c1c(-c2ccc(Cl)cc2)c(C)c(C(F)(F)F)n1Cc1ccccc1. The van der Waals surface area contributed by atoms with Crippen molar-refractivity contribution >= 4 is 29.5 Å². The number of carbonyl (C=O) groups is 1. The maximum Gasteiger partial charge on any atom is 0.431 e. The summed E-state index contributed by atoms with van der Waals surface area (Å²) in [6.45, 7) is 2.18. The second kappa shape index (κ2) is 10.7. The normalized spacial score (nSPS) is 11.6. The van der Waals surface area contributed by atoms with Crippen molar-refractivity contribution in [3.05, 3.63) is 82.1 Å². The maximum atomic E-state index is 14.3. The van der Waals surface area contributed by atoms with E-state index in [1.165, 1.54) is 23.8 Å². The second-order valence-corrected chi connectivity index (χ2v) is 8.73. The van der Waals surface area contributed by atoms with Gasteiger partial charge in [0.15, 0.2) is 0 Å². The smallest absolute Gasteiger partial charge is 0.339 e. The molecule has 0 fully saturated rings. The number of aromatic nitrogens is 1. The number of hydrogen-bond acceptors (Lipinski definition) is 3. The number of carbonyl (C=O) groups excluding carboxylic acids is 1. The van der Waals surface area contributed by atoms with Gasteiger partial charge in [0.05, 0.1) is 0 Å². The van der Waals surface area contributed by atoms with Crippen LogP contribution in [0.3, 0.4) is 0 Å². The molecule has 0 spiro atoms. The van der Waals surface area contributed by atoms with Gasteiger partial charge in [-0.1, -0.05) is 66.0 Å². The van der Waals surface area contributed by atoms with Crippen LogP contribution in [-0.4, -0.2) is 41.8 Å². The molecule has 1 N–H and O–H groups in total. The Balaban J connectivity index is 2.25. The number of nitrogens with one attached hydrogen (secondary N) is 1. The number of nitrogens with zero attached hydrogens (tertiary/aromatic N) is 2. The van der Waals surface area contributed by atoms with E-state index in [1.807, 2.05) is 6.26 Å². The van der Waals surface area contributed by atoms with Gasteiger partial charge in [-0.15, -0.1) is 0 Å². The van der Waals surface area contributed by atoms with Crippen LogP contribution < -0.4 is 4.72 Å². The summed E-state index contributed by atoms with van der Waals surface area (Å²) in [5.41, 5.74) is 0.645. The van der Waals surface area contributed by atoms with Crippen LogP contribution in [0.4, 0.5) is 13.2 Å². The minimum atomic E-state index is -4.64. The molecule has 2 aromatic carbocycles. The van der Waals surface area contributed by atoms with Crippen LogP contribution >= 0.6 is 23.5 Å². The lowest BCUT2D eigenvalue weighted by Gasteiger charge is -2.21. The topological polar surface area (TPSA) is 37.3 Å². The molecule has 4 nitrogen and oxygen atoms in total. The van der Waals surface area contributed by atoms with E-state index in [0.29, 0.717) is 29.2 Å². The van der Waals surface area contributed by atoms with Gasteiger partial charge in [0.1, 0.15) is 11.4 Å². The highest BCUT2D eigenvalue weighted by molar-refractivity contribution is 7.96. The Labute approximate surface area is 200 Å². The molecular formula is C24H25ClF3N3OS. The van der Waals surface area contributed by atoms with Gasteiger partial charge in [-0.05, 0) is 42.0 Å². The molecule has 176 valence electrons. The lowest BCUT2D eigenvalue weighted by Crippen LogP contribution is -2.34. The molecule has 0 atom stereocenters. The van der Waals surface area contributed by atoms with Gasteiger partial charge in [-0.2, -0.15) is 13.2 Å². The molecule has 0 unspecified atom stereocenters. The molecule has 1 heterocycles. The zero-order valence-corrected chi connectivity index (χ0v) is 20.1. The van der Waals surface area contributed by atoms with Gasteiger partial charge in [0.2, 0.25) is 0 Å². The third kappa shape index (κ3) is 5.75. The van der Waals surface area contributed by atoms with Crippen molar-refractivity contribution in [1.29, 1.82) is 0 Å². The van der Waals surface area contributed by atoms with Crippen LogP contribution in [0.25, 0.3) is 11.1 Å². The molecule has 0 saturated heterocycles. The molecule has 3 aromatic rings. The minimum Gasteiger partial charge on any atom is -0.339 e. The summed E-state index contributed by atoms with van der Waals surface area (Å²) < 4.78 is 47.1. The van der Waals surface area contributed by atoms with E-state index in [9.17, 15) is 18.0 Å². The van der Waals surface area contributed by atoms with Crippen LogP contribution in [0, 0.1) is 6.92 Å². The van der Waals surface area contributed by atoms with Crippen LogP contribution in [0.15, 0.2) is 54.6 Å². The molecule has 1 amide bonds. The molecule has 9 heteroatoms. The average molecular weight is 496 g/mol. The first kappa shape index (κ1) is 25.2. The summed E-state index contributed by atoms with van der Waals surface area (Å²) in [5, 5.41) is 0.462. The summed E-state index contributed by atoms with van der Waals surface area (Å²) in [6, 6.07) is 15.3. The molecular weight excluding hydrogens is 471 g/mol. The first-order valence-electron chi connectivity index (χ1n) is 10.3. The number of amides is 1. The fraction of sp³-hybridized carbons (Fsp3) is 0.292. The van der Waals surface area contributed by atoms with Crippen molar-refractivity contribution in [1.82, 2.24) is 14.2 Å². The van der Waals surface area contributed by atoms with Crippen molar-refractivity contribution in [2.45, 2.75) is 19.6 Å². The molecule has 0 bridgehead atoms. The zero-order chi connectivity index (χ0) is 24.2. The highest BCUT2D eigenvalue weighted by Crippen LogP contribution is 2.41. The summed E-state index contributed by atoms with van der Waals surface area (Å²) in [7, 11) is 1.60. The van der Waals surface area contributed by atoms with Crippen molar-refractivity contribution in [2.75, 3.05) is 26.4 Å². The third-order valence-corrected chi connectivity index (χ3v) is 6.08. The number of hydrogen-bond donors (Lipinski definition) is 1. The van der Waals surface area contributed by atoms with E-state index >= 15 is 0 Å². The van der Waals surface area contributed by atoms with E-state index in [2.05, 4.69) is 4.72 Å². The fourth-order valence-corrected chi connectivity index (χ4v) is 4.25. The van der Waals surface area contributed by atoms with E-state index < -0.39 is 17.8 Å². The van der Waals surface area contributed by atoms with Crippen molar-refractivity contribution in [3.63, 3.8) is 0 Å². The number of likely N-dealkylation sites (N-methyl/N-ethyl adjacent to an activating group) is 1. The maximum absolute atomic E-state index is 14.3. The largest absolute Gasteiger partial charge is 0.431 e. The molecule has 33 heavy (non-hydrogen) atoms. The highest BCUT2D eigenvalue weighted by atomic mass is 35.5. The lowest BCUT2D eigenvalue weighted by atomic mass is 10.00. The Morgan fingerprint density at radius 1 is 1.12 bits per heavy atom. The summed E-state index contributed by atoms with van der Waals surface area (Å²) >= 11 is 7.42. The van der Waals surface area contributed by atoms with Crippen molar-refractivity contribution in [2.24, 2.45) is 0 Å². The Morgan fingerprint density at radius 3 is 2.33 bits per heavy atom. The Bertz CT molecular complexity index is 1100. The third-order valence-electron chi connectivity index (χ3n) is 5.33. The Morgan fingerprint density at radius 2 is 1.76 bits per heavy atom. The van der Waals surface area contributed by atoms with Gasteiger partial charge in [-0.3, -0.25) is 9.52 Å². The standard InChI is InChI=1S/C24H25ClF3N3OS/c1-16-20(18-9-11-19(25)12-10-18)21(23(32)30(2)14-13-29-33-3)31(22(16)24(26,27)28)15-17-7-5-4-6-8-17/h4-12,29H,13-15H2,1-3H3. The average Bonchev–Trinajstić information content (AvgIpc) is 3.06. The molecule has 0 saturated carbocycles. The number of benzene rings is 2. The first-order chi connectivity index (χ1) is 15.6. The summed E-state index contributed by atoms with van der Waals surface area (Å²) in [5.74, 6) is -0.475. The van der Waals surface area contributed by atoms with Gasteiger partial charge < -0.3 is 9.47 Å². The number of rotatable bonds is 8. The first-order valence-corrected chi connectivity index (χ1v) is 11.9. The van der Waals surface area contributed by atoms with E-state index in [-0.39, 0.29) is 23.4 Å². The summed E-state index contributed by atoms with van der Waals surface area (Å²) in [4.78, 5) is 15.0. The molecule has 0 aliphatic carbocycles. The Hall–Kier alpha value is -2.42. The van der Waals surface area contributed by atoms with Gasteiger partial charge in [-0.25, -0.2) is 0 Å². The van der Waals surface area contributed by atoms with Crippen molar-refractivity contribution in [3.8, 4) is 11.1 Å². The zero-order valence-electron chi connectivity index (χ0n) is 18.5. The quantitative estimate of drug-likeness (QED) is 0.302. The predicted octanol–water partition coefficient (Wildman–Crippen LogP) is 6.12. The Kier molecular flexibility index (Phi) is 8.15. The van der Waals surface area contributed by atoms with E-state index in [0.717, 1.165) is 4.57 Å². The monoisotopic (exact) mass is 495 g/mol. The highest BCUT2D eigenvalue weighted by Gasteiger charge is 2.41. The predicted molar refractivity (Wildman–Crippen MR) is 129 cm³/mol. The van der Waals surface area contributed by atoms with Crippen LogP contribution in [0.1, 0.15) is 27.3 Å². The van der Waals surface area contributed by atoms with Gasteiger partial charge in [0.25, 0.3) is 5.91 Å². The molecule has 1 aromatic heterocycles. The molecule has 0 aliphatic heterocycles.